The molecule has 1 aromatic heterocycles. The van der Waals surface area contributed by atoms with Crippen LogP contribution in [-0.2, 0) is 36.3 Å². The number of imidazole rings is 1. The van der Waals surface area contributed by atoms with Gasteiger partial charge in [-0.3, -0.25) is 4.72 Å². The summed E-state index contributed by atoms with van der Waals surface area (Å²) in [4.78, 5) is 4.99. The third-order valence-electron chi connectivity index (χ3n) is 5.60. The number of para-hydroxylation sites is 2. The summed E-state index contributed by atoms with van der Waals surface area (Å²) in [7, 11) is -1.57. The lowest BCUT2D eigenvalue weighted by molar-refractivity contribution is 0.601. The molecule has 0 amide bonds. The van der Waals surface area contributed by atoms with E-state index < -0.39 is 10.0 Å². The molecule has 0 aliphatic rings. The highest BCUT2D eigenvalue weighted by atomic mass is 32.2. The summed E-state index contributed by atoms with van der Waals surface area (Å²) < 4.78 is 30.3. The highest BCUT2D eigenvalue weighted by Crippen LogP contribution is 2.20. The van der Waals surface area contributed by atoms with E-state index in [1.165, 1.54) is 0 Å². The van der Waals surface area contributed by atoms with Gasteiger partial charge in [0, 0.05) is 19.2 Å². The van der Waals surface area contributed by atoms with Crippen LogP contribution in [0.4, 0.5) is 5.69 Å². The van der Waals surface area contributed by atoms with Gasteiger partial charge in [-0.25, -0.2) is 13.4 Å². The topological polar surface area (TPSA) is 64.0 Å². The summed E-state index contributed by atoms with van der Waals surface area (Å²) in [6.45, 7) is 4.29. The zero-order valence-electron chi connectivity index (χ0n) is 18.7. The fourth-order valence-electron chi connectivity index (χ4n) is 3.90. The van der Waals surface area contributed by atoms with Crippen molar-refractivity contribution < 1.29 is 8.42 Å². The molecule has 0 atom stereocenters. The molecule has 0 radical (unpaired) electrons. The number of anilines is 1. The van der Waals surface area contributed by atoms with Crippen molar-refractivity contribution in [3.63, 3.8) is 0 Å². The van der Waals surface area contributed by atoms with E-state index in [2.05, 4.69) is 29.2 Å². The Morgan fingerprint density at radius 1 is 0.875 bits per heavy atom. The van der Waals surface area contributed by atoms with Gasteiger partial charge < -0.3 is 4.57 Å². The first-order chi connectivity index (χ1) is 15.3. The normalized spacial score (nSPS) is 11.9. The number of benzene rings is 3. The molecule has 6 heteroatoms. The van der Waals surface area contributed by atoms with Crippen LogP contribution in [0.2, 0.25) is 0 Å². The molecule has 32 heavy (non-hydrogen) atoms. The Hall–Kier alpha value is -3.12. The molecule has 0 unspecified atom stereocenters. The Labute approximate surface area is 190 Å². The molecule has 0 spiro atoms. The number of rotatable bonds is 8. The average Bonchev–Trinajstić information content (AvgIpc) is 3.09. The van der Waals surface area contributed by atoms with Crippen LogP contribution in [0.3, 0.4) is 0 Å². The van der Waals surface area contributed by atoms with Crippen LogP contribution < -0.4 is 4.72 Å². The first-order valence-electron chi connectivity index (χ1n) is 10.9. The molecule has 0 bridgehead atoms. The van der Waals surface area contributed by atoms with Gasteiger partial charge >= 0.3 is 0 Å². The maximum atomic E-state index is 12.7. The van der Waals surface area contributed by atoms with Gasteiger partial charge in [0.05, 0.1) is 15.9 Å². The molecule has 0 aliphatic carbocycles. The molecule has 1 N–H and O–H groups in total. The maximum absolute atomic E-state index is 12.7. The van der Waals surface area contributed by atoms with E-state index in [0.29, 0.717) is 11.6 Å². The van der Waals surface area contributed by atoms with Gasteiger partial charge in [-0.2, -0.15) is 0 Å². The number of nitrogens with one attached hydrogen (secondary N) is 1. The van der Waals surface area contributed by atoms with Gasteiger partial charge in [0.2, 0.25) is 0 Å². The minimum absolute atomic E-state index is 0.274. The molecule has 0 saturated carbocycles. The number of fused-ring (bicyclic) bond motifs is 1. The fourth-order valence-corrected chi connectivity index (χ4v) is 4.96. The van der Waals surface area contributed by atoms with Crippen molar-refractivity contribution in [2.75, 3.05) is 4.72 Å². The number of aromatic nitrogens is 2. The maximum Gasteiger partial charge on any atom is 0.261 e. The largest absolute Gasteiger partial charge is 0.331 e. The molecule has 0 aliphatic heterocycles. The van der Waals surface area contributed by atoms with Crippen LogP contribution in [0.1, 0.15) is 30.8 Å². The second-order valence-electron chi connectivity index (χ2n) is 8.62. The van der Waals surface area contributed by atoms with E-state index in [-0.39, 0.29) is 4.90 Å². The predicted octanol–water partition coefficient (Wildman–Crippen LogP) is 5.36. The Balaban J connectivity index is 1.40. The lowest BCUT2D eigenvalue weighted by Gasteiger charge is -2.10. The Bertz CT molecular complexity index is 1310. The monoisotopic (exact) mass is 447 g/mol. The van der Waals surface area contributed by atoms with Crippen LogP contribution in [0, 0.1) is 5.92 Å². The highest BCUT2D eigenvalue weighted by Gasteiger charge is 2.14. The van der Waals surface area contributed by atoms with Gasteiger partial charge in [0.15, 0.2) is 0 Å². The third-order valence-corrected chi connectivity index (χ3v) is 7.00. The minimum atomic E-state index is -3.61. The zero-order valence-corrected chi connectivity index (χ0v) is 19.6. The Kier molecular flexibility index (Phi) is 6.33. The van der Waals surface area contributed by atoms with E-state index >= 15 is 0 Å². The van der Waals surface area contributed by atoms with Crippen molar-refractivity contribution in [3.8, 4) is 0 Å². The highest BCUT2D eigenvalue weighted by molar-refractivity contribution is 7.92. The van der Waals surface area contributed by atoms with E-state index in [9.17, 15) is 8.42 Å². The van der Waals surface area contributed by atoms with Crippen LogP contribution >= 0.6 is 0 Å². The zero-order chi connectivity index (χ0) is 22.7. The summed E-state index contributed by atoms with van der Waals surface area (Å²) in [5.74, 6) is 1.57. The van der Waals surface area contributed by atoms with Crippen molar-refractivity contribution >= 4 is 26.7 Å². The van der Waals surface area contributed by atoms with Gasteiger partial charge in [-0.1, -0.05) is 50.2 Å². The van der Waals surface area contributed by atoms with E-state index in [1.807, 2.05) is 61.6 Å². The fraction of sp³-hybridized carbons (Fsp3) is 0.269. The molecular weight excluding hydrogens is 418 g/mol. The molecule has 5 nitrogen and oxygen atoms in total. The number of hydrogen-bond acceptors (Lipinski definition) is 3. The van der Waals surface area contributed by atoms with Crippen LogP contribution in [0.25, 0.3) is 11.0 Å². The van der Waals surface area contributed by atoms with Gasteiger partial charge in [0.25, 0.3) is 10.0 Å². The lowest BCUT2D eigenvalue weighted by Crippen LogP contribution is -2.13. The quantitative estimate of drug-likeness (QED) is 0.396. The van der Waals surface area contributed by atoms with E-state index in [4.69, 9.17) is 4.98 Å². The van der Waals surface area contributed by atoms with E-state index in [1.54, 1.807) is 12.1 Å². The molecule has 4 rings (SSSR count). The molecule has 0 saturated heterocycles. The summed E-state index contributed by atoms with van der Waals surface area (Å²) in [5, 5.41) is 0. The SMILES string of the molecule is CC(C)Cc1ccc(S(=O)(=O)Nc2ccc(CCc3nc4ccccc4n3C)cc2)cc1. The lowest BCUT2D eigenvalue weighted by atomic mass is 10.0. The van der Waals surface area contributed by atoms with Crippen molar-refractivity contribution in [2.24, 2.45) is 13.0 Å². The predicted molar refractivity (Wildman–Crippen MR) is 130 cm³/mol. The molecule has 3 aromatic carbocycles. The molecule has 0 fully saturated rings. The summed E-state index contributed by atoms with van der Waals surface area (Å²) in [6.07, 6.45) is 2.59. The number of aryl methyl sites for hydroxylation is 3. The number of nitrogens with zero attached hydrogens (tertiary/aromatic N) is 2. The van der Waals surface area contributed by atoms with Crippen LogP contribution in [0.5, 0.6) is 0 Å². The Morgan fingerprint density at radius 3 is 2.19 bits per heavy atom. The summed E-state index contributed by atoms with van der Waals surface area (Å²) in [6, 6.07) is 22.8. The Morgan fingerprint density at radius 2 is 1.53 bits per heavy atom. The van der Waals surface area contributed by atoms with Crippen LogP contribution in [-0.4, -0.2) is 18.0 Å². The van der Waals surface area contributed by atoms with Crippen LogP contribution in [0.15, 0.2) is 77.7 Å². The molecular formula is C26H29N3O2S. The van der Waals surface area contributed by atoms with Crippen molar-refractivity contribution in [1.82, 2.24) is 9.55 Å². The van der Waals surface area contributed by atoms with Crippen molar-refractivity contribution in [3.05, 3.63) is 89.7 Å². The second kappa shape index (κ2) is 9.17. The van der Waals surface area contributed by atoms with E-state index in [0.717, 1.165) is 47.2 Å². The number of sulfonamides is 1. The summed E-state index contributed by atoms with van der Waals surface area (Å²) >= 11 is 0. The third kappa shape index (κ3) is 5.02. The average molecular weight is 448 g/mol. The standard InChI is InChI=1S/C26H29N3O2S/c1-19(2)18-21-10-15-23(16-11-21)32(30,31)28-22-13-8-20(9-14-22)12-17-26-27-24-6-4-5-7-25(24)29(26)3/h4-11,13-16,19,28H,12,17-18H2,1-3H3. The van der Waals surface area contributed by atoms with Crippen molar-refractivity contribution in [2.45, 2.75) is 38.0 Å². The van der Waals surface area contributed by atoms with Gasteiger partial charge in [-0.05, 0) is 66.3 Å². The number of hydrogen-bond donors (Lipinski definition) is 1. The minimum Gasteiger partial charge on any atom is -0.331 e. The van der Waals surface area contributed by atoms with Crippen molar-refractivity contribution in [1.29, 1.82) is 0 Å². The smallest absolute Gasteiger partial charge is 0.261 e. The van der Waals surface area contributed by atoms with Gasteiger partial charge in [0.1, 0.15) is 5.82 Å². The molecule has 4 aromatic rings. The summed E-state index contributed by atoms with van der Waals surface area (Å²) in [5.41, 5.74) is 4.97. The van der Waals surface area contributed by atoms with Gasteiger partial charge in [-0.15, -0.1) is 0 Å². The molecule has 1 heterocycles. The second-order valence-corrected chi connectivity index (χ2v) is 10.3. The first-order valence-corrected chi connectivity index (χ1v) is 12.4. The first kappa shape index (κ1) is 22.1. The molecule has 166 valence electrons.